The molecule has 1 heterocycles. The summed E-state index contributed by atoms with van der Waals surface area (Å²) in [4.78, 5) is 3.52. The van der Waals surface area contributed by atoms with Gasteiger partial charge in [0.1, 0.15) is 0 Å². The molecular weight excluding hydrogens is 267 g/mol. The van der Waals surface area contributed by atoms with E-state index >= 15 is 0 Å². The fourth-order valence-electron chi connectivity index (χ4n) is 1.42. The second-order valence-corrected chi connectivity index (χ2v) is 6.20. The van der Waals surface area contributed by atoms with Crippen molar-refractivity contribution in [3.8, 4) is 0 Å². The third-order valence-corrected chi connectivity index (χ3v) is 3.71. The van der Waals surface area contributed by atoms with Gasteiger partial charge in [-0.05, 0) is 32.4 Å². The Bertz CT molecular complexity index is 479. The highest BCUT2D eigenvalue weighted by Gasteiger charge is 2.22. The van der Waals surface area contributed by atoms with Crippen LogP contribution in [0.4, 0.5) is 4.39 Å². The number of nitrogens with one attached hydrogen (secondary N) is 1. The van der Waals surface area contributed by atoms with Crippen molar-refractivity contribution in [2.75, 3.05) is 0 Å². The zero-order valence-corrected chi connectivity index (χ0v) is 11.1. The molecule has 1 aromatic heterocycles. The smallest absolute Gasteiger partial charge is 0.241 e. The standard InChI is InChI=1S/C10H14ClFN2O2S/c1-7(11)6-8(2)14-17(15,16)10-9(12)4-3-5-13-10/h3-5,7-8,14H,6H2,1-2H3. The summed E-state index contributed by atoms with van der Waals surface area (Å²) >= 11 is 5.75. The van der Waals surface area contributed by atoms with Crippen LogP contribution in [0.1, 0.15) is 20.3 Å². The highest BCUT2D eigenvalue weighted by Crippen LogP contribution is 2.12. The first-order chi connectivity index (χ1) is 7.83. The molecule has 1 N–H and O–H groups in total. The molecule has 0 saturated heterocycles. The lowest BCUT2D eigenvalue weighted by molar-refractivity contribution is 0.524. The van der Waals surface area contributed by atoms with Gasteiger partial charge in [-0.25, -0.2) is 22.5 Å². The summed E-state index contributed by atoms with van der Waals surface area (Å²) in [6, 6.07) is 2.00. The predicted molar refractivity (Wildman–Crippen MR) is 63.9 cm³/mol. The van der Waals surface area contributed by atoms with E-state index in [4.69, 9.17) is 11.6 Å². The molecule has 2 unspecified atom stereocenters. The van der Waals surface area contributed by atoms with Crippen molar-refractivity contribution >= 4 is 21.6 Å². The molecule has 0 aliphatic rings. The lowest BCUT2D eigenvalue weighted by Crippen LogP contribution is -2.34. The van der Waals surface area contributed by atoms with Crippen molar-refractivity contribution in [2.45, 2.75) is 36.7 Å². The normalized spacial score (nSPS) is 15.5. The number of nitrogens with zero attached hydrogens (tertiary/aromatic N) is 1. The van der Waals surface area contributed by atoms with Crippen LogP contribution in [0, 0.1) is 5.82 Å². The van der Waals surface area contributed by atoms with Crippen molar-refractivity contribution in [3.63, 3.8) is 0 Å². The van der Waals surface area contributed by atoms with Crippen molar-refractivity contribution in [1.29, 1.82) is 0 Å². The summed E-state index contributed by atoms with van der Waals surface area (Å²) in [5.74, 6) is -0.869. The quantitative estimate of drug-likeness (QED) is 0.838. The summed E-state index contributed by atoms with van der Waals surface area (Å²) in [6.45, 7) is 3.42. The van der Waals surface area contributed by atoms with E-state index in [2.05, 4.69) is 9.71 Å². The molecule has 0 amide bonds. The van der Waals surface area contributed by atoms with Crippen molar-refractivity contribution in [3.05, 3.63) is 24.1 Å². The van der Waals surface area contributed by atoms with Crippen molar-refractivity contribution < 1.29 is 12.8 Å². The first-order valence-electron chi connectivity index (χ1n) is 5.10. The average Bonchev–Trinajstić information content (AvgIpc) is 2.15. The van der Waals surface area contributed by atoms with Gasteiger partial charge >= 0.3 is 0 Å². The Morgan fingerprint density at radius 1 is 1.53 bits per heavy atom. The van der Waals surface area contributed by atoms with Gasteiger partial charge in [-0.15, -0.1) is 11.6 Å². The topological polar surface area (TPSA) is 59.1 Å². The summed E-state index contributed by atoms with van der Waals surface area (Å²) in [7, 11) is -3.93. The van der Waals surface area contributed by atoms with E-state index in [0.717, 1.165) is 6.07 Å². The number of rotatable bonds is 5. The number of hydrogen-bond donors (Lipinski definition) is 1. The molecule has 17 heavy (non-hydrogen) atoms. The SMILES string of the molecule is CC(Cl)CC(C)NS(=O)(=O)c1ncccc1F. The van der Waals surface area contributed by atoms with Gasteiger partial charge in [-0.2, -0.15) is 0 Å². The Hall–Kier alpha value is -0.720. The first kappa shape index (κ1) is 14.3. The second kappa shape index (κ2) is 5.75. The number of aromatic nitrogens is 1. The van der Waals surface area contributed by atoms with Crippen LogP contribution < -0.4 is 4.72 Å². The molecule has 0 fully saturated rings. The van der Waals surface area contributed by atoms with Gasteiger partial charge in [0.15, 0.2) is 5.82 Å². The number of hydrogen-bond acceptors (Lipinski definition) is 3. The summed E-state index contributed by atoms with van der Waals surface area (Å²) in [5.41, 5.74) is 0. The van der Waals surface area contributed by atoms with Crippen LogP contribution in [0.3, 0.4) is 0 Å². The van der Waals surface area contributed by atoms with Crippen LogP contribution >= 0.6 is 11.6 Å². The van der Waals surface area contributed by atoms with E-state index in [1.807, 2.05) is 0 Å². The van der Waals surface area contributed by atoms with Gasteiger partial charge in [-0.3, -0.25) is 0 Å². The number of pyridine rings is 1. The molecule has 1 rings (SSSR count). The van der Waals surface area contributed by atoms with E-state index < -0.39 is 20.9 Å². The Balaban J connectivity index is 2.86. The zero-order valence-electron chi connectivity index (χ0n) is 9.52. The molecule has 0 aliphatic heterocycles. The molecule has 0 radical (unpaired) electrons. The monoisotopic (exact) mass is 280 g/mol. The van der Waals surface area contributed by atoms with Crippen LogP contribution in [0.5, 0.6) is 0 Å². The molecule has 0 bridgehead atoms. The summed E-state index contributed by atoms with van der Waals surface area (Å²) in [5, 5.41) is -0.754. The van der Waals surface area contributed by atoms with Gasteiger partial charge in [0.2, 0.25) is 5.03 Å². The maximum atomic E-state index is 13.3. The Morgan fingerprint density at radius 2 is 2.18 bits per heavy atom. The molecule has 0 saturated carbocycles. The molecule has 0 aromatic carbocycles. The van der Waals surface area contributed by atoms with Crippen LogP contribution in [-0.2, 0) is 10.0 Å². The minimum absolute atomic E-state index is 0.165. The molecule has 4 nitrogen and oxygen atoms in total. The lowest BCUT2D eigenvalue weighted by atomic mass is 10.2. The number of alkyl halides is 1. The molecule has 96 valence electrons. The Kier molecular flexibility index (Phi) is 4.85. The van der Waals surface area contributed by atoms with E-state index in [1.54, 1.807) is 13.8 Å². The number of sulfonamides is 1. The van der Waals surface area contributed by atoms with Crippen molar-refractivity contribution in [1.82, 2.24) is 9.71 Å². The Labute approximate surface area is 105 Å². The first-order valence-corrected chi connectivity index (χ1v) is 7.02. The van der Waals surface area contributed by atoms with Gasteiger partial charge in [-0.1, -0.05) is 0 Å². The van der Waals surface area contributed by atoms with Gasteiger partial charge in [0.25, 0.3) is 10.0 Å². The maximum Gasteiger partial charge on any atom is 0.261 e. The van der Waals surface area contributed by atoms with E-state index in [-0.39, 0.29) is 11.4 Å². The third kappa shape index (κ3) is 4.22. The summed E-state index contributed by atoms with van der Waals surface area (Å²) in [6.07, 6.45) is 1.68. The maximum absolute atomic E-state index is 13.3. The molecule has 0 spiro atoms. The third-order valence-electron chi connectivity index (χ3n) is 2.01. The molecule has 7 heteroatoms. The average molecular weight is 281 g/mol. The fourth-order valence-corrected chi connectivity index (χ4v) is 2.95. The minimum atomic E-state index is -3.93. The number of halogens is 2. The lowest BCUT2D eigenvalue weighted by Gasteiger charge is -2.14. The molecule has 1 aromatic rings. The molecule has 0 aliphatic carbocycles. The van der Waals surface area contributed by atoms with Crippen LogP contribution in [0.25, 0.3) is 0 Å². The zero-order chi connectivity index (χ0) is 13.1. The highest BCUT2D eigenvalue weighted by atomic mass is 35.5. The van der Waals surface area contributed by atoms with Gasteiger partial charge in [0.05, 0.1) is 0 Å². The fraction of sp³-hybridized carbons (Fsp3) is 0.500. The van der Waals surface area contributed by atoms with E-state index in [9.17, 15) is 12.8 Å². The van der Waals surface area contributed by atoms with E-state index in [0.29, 0.717) is 6.42 Å². The van der Waals surface area contributed by atoms with Gasteiger partial charge in [0, 0.05) is 17.6 Å². The molecular formula is C10H14ClFN2O2S. The highest BCUT2D eigenvalue weighted by molar-refractivity contribution is 7.89. The van der Waals surface area contributed by atoms with Crippen molar-refractivity contribution in [2.24, 2.45) is 0 Å². The van der Waals surface area contributed by atoms with Crippen LogP contribution in [0.2, 0.25) is 0 Å². The van der Waals surface area contributed by atoms with Crippen LogP contribution in [0.15, 0.2) is 23.4 Å². The molecule has 2 atom stereocenters. The largest absolute Gasteiger partial charge is 0.261 e. The van der Waals surface area contributed by atoms with Crippen LogP contribution in [-0.4, -0.2) is 24.8 Å². The second-order valence-electron chi connectivity index (χ2n) is 3.83. The predicted octanol–water partition coefficient (Wildman–Crippen LogP) is 1.90. The van der Waals surface area contributed by atoms with Gasteiger partial charge < -0.3 is 0 Å². The summed E-state index contributed by atoms with van der Waals surface area (Å²) < 4.78 is 39.2. The van der Waals surface area contributed by atoms with E-state index in [1.165, 1.54) is 12.3 Å². The minimum Gasteiger partial charge on any atom is -0.241 e. The Morgan fingerprint density at radius 3 is 2.71 bits per heavy atom.